The molecule has 0 saturated carbocycles. The van der Waals surface area contributed by atoms with Crippen LogP contribution in [0.2, 0.25) is 10.0 Å². The van der Waals surface area contributed by atoms with Gasteiger partial charge >= 0.3 is 0 Å². The van der Waals surface area contributed by atoms with Crippen LogP contribution in [0.1, 0.15) is 15.9 Å². The van der Waals surface area contributed by atoms with Crippen LogP contribution in [-0.2, 0) is 0 Å². The third-order valence-corrected chi connectivity index (χ3v) is 3.59. The van der Waals surface area contributed by atoms with Gasteiger partial charge in [0.15, 0.2) is 17.3 Å². The fourth-order valence-corrected chi connectivity index (χ4v) is 2.29. The van der Waals surface area contributed by atoms with Gasteiger partial charge in [-0.3, -0.25) is 4.79 Å². The summed E-state index contributed by atoms with van der Waals surface area (Å²) in [6.45, 7) is 0. The van der Waals surface area contributed by atoms with Crippen molar-refractivity contribution in [2.45, 2.75) is 0 Å². The third kappa shape index (κ3) is 3.81. The zero-order chi connectivity index (χ0) is 16.1. The van der Waals surface area contributed by atoms with E-state index in [9.17, 15) is 4.79 Å². The molecule has 114 valence electrons. The number of hydrogen-bond donors (Lipinski definition) is 0. The van der Waals surface area contributed by atoms with Crippen molar-refractivity contribution in [3.8, 4) is 11.5 Å². The number of hydrogen-bond acceptors (Lipinski definition) is 3. The van der Waals surface area contributed by atoms with E-state index in [1.54, 1.807) is 50.6 Å². The Balaban J connectivity index is 2.24. The first kappa shape index (κ1) is 16.4. The summed E-state index contributed by atoms with van der Waals surface area (Å²) >= 11 is 11.9. The van der Waals surface area contributed by atoms with Crippen molar-refractivity contribution in [1.29, 1.82) is 0 Å². The summed E-state index contributed by atoms with van der Waals surface area (Å²) in [5, 5.41) is 0.832. The number of ketones is 1. The molecule has 0 atom stereocenters. The van der Waals surface area contributed by atoms with Gasteiger partial charge in [0, 0.05) is 10.6 Å². The largest absolute Gasteiger partial charge is 0.493 e. The Morgan fingerprint density at radius 1 is 1.00 bits per heavy atom. The quantitative estimate of drug-likeness (QED) is 0.575. The molecule has 3 nitrogen and oxygen atoms in total. The Hall–Kier alpha value is -1.97. The molecule has 2 aromatic carbocycles. The molecule has 0 N–H and O–H groups in total. The molecule has 22 heavy (non-hydrogen) atoms. The Bertz CT molecular complexity index is 724. The lowest BCUT2D eigenvalue weighted by molar-refractivity contribution is 0.104. The lowest BCUT2D eigenvalue weighted by atomic mass is 10.1. The van der Waals surface area contributed by atoms with E-state index >= 15 is 0 Å². The number of allylic oxidation sites excluding steroid dienone is 1. The topological polar surface area (TPSA) is 35.5 Å². The molecule has 5 heteroatoms. The van der Waals surface area contributed by atoms with Crippen LogP contribution in [-0.4, -0.2) is 20.0 Å². The summed E-state index contributed by atoms with van der Waals surface area (Å²) in [4.78, 5) is 12.2. The van der Waals surface area contributed by atoms with Crippen LogP contribution in [0.25, 0.3) is 6.08 Å². The fourth-order valence-electron chi connectivity index (χ4n) is 1.90. The Kier molecular flexibility index (Phi) is 5.47. The van der Waals surface area contributed by atoms with E-state index in [2.05, 4.69) is 0 Å². The van der Waals surface area contributed by atoms with Crippen LogP contribution in [0.15, 0.2) is 42.5 Å². The van der Waals surface area contributed by atoms with Gasteiger partial charge in [-0.1, -0.05) is 35.3 Å². The van der Waals surface area contributed by atoms with Gasteiger partial charge in [0.1, 0.15) is 0 Å². The van der Waals surface area contributed by atoms with Crippen LogP contribution in [0, 0.1) is 0 Å². The Morgan fingerprint density at radius 3 is 2.41 bits per heavy atom. The van der Waals surface area contributed by atoms with E-state index in [4.69, 9.17) is 32.7 Å². The standard InChI is InChI=1S/C17H14Cl2O3/c1-21-16-8-4-11(9-17(16)22-2)3-7-15(20)13-10-12(18)5-6-14(13)19/h3-10H,1-2H3/b7-3+. The SMILES string of the molecule is COc1ccc(/C=C/C(=O)c2cc(Cl)ccc2Cl)cc1OC. The lowest BCUT2D eigenvalue weighted by Crippen LogP contribution is -1.95. The molecular formula is C17H14Cl2O3. The molecule has 0 fully saturated rings. The van der Waals surface area contributed by atoms with Crippen molar-refractivity contribution in [2.24, 2.45) is 0 Å². The second-order valence-corrected chi connectivity index (χ2v) is 5.28. The van der Waals surface area contributed by atoms with E-state index in [0.29, 0.717) is 27.1 Å². The molecule has 2 aromatic rings. The van der Waals surface area contributed by atoms with Gasteiger partial charge in [-0.15, -0.1) is 0 Å². The zero-order valence-corrected chi connectivity index (χ0v) is 13.6. The minimum atomic E-state index is -0.220. The highest BCUT2D eigenvalue weighted by Crippen LogP contribution is 2.28. The number of benzene rings is 2. The van der Waals surface area contributed by atoms with Crippen molar-refractivity contribution in [3.05, 3.63) is 63.6 Å². The van der Waals surface area contributed by atoms with Gasteiger partial charge in [-0.25, -0.2) is 0 Å². The second-order valence-electron chi connectivity index (χ2n) is 4.44. The highest BCUT2D eigenvalue weighted by atomic mass is 35.5. The summed E-state index contributed by atoms with van der Waals surface area (Å²) in [5.74, 6) is 1.00. The maximum atomic E-state index is 12.2. The van der Waals surface area contributed by atoms with Gasteiger partial charge in [0.2, 0.25) is 0 Å². The molecule has 0 unspecified atom stereocenters. The second kappa shape index (κ2) is 7.34. The maximum Gasteiger partial charge on any atom is 0.187 e. The monoisotopic (exact) mass is 336 g/mol. The molecule has 0 heterocycles. The first-order valence-electron chi connectivity index (χ1n) is 6.44. The van der Waals surface area contributed by atoms with Crippen LogP contribution in [0.5, 0.6) is 11.5 Å². The maximum absolute atomic E-state index is 12.2. The van der Waals surface area contributed by atoms with Crippen molar-refractivity contribution in [2.75, 3.05) is 14.2 Å². The predicted molar refractivity (Wildman–Crippen MR) is 89.4 cm³/mol. The summed E-state index contributed by atoms with van der Waals surface area (Å²) in [6, 6.07) is 10.2. The summed E-state index contributed by atoms with van der Waals surface area (Å²) in [7, 11) is 3.13. The molecule has 0 bridgehead atoms. The first-order valence-corrected chi connectivity index (χ1v) is 7.20. The van der Waals surface area contributed by atoms with E-state index < -0.39 is 0 Å². The fraction of sp³-hybridized carbons (Fsp3) is 0.118. The van der Waals surface area contributed by atoms with Gasteiger partial charge < -0.3 is 9.47 Å². The van der Waals surface area contributed by atoms with E-state index in [-0.39, 0.29) is 5.78 Å². The number of ether oxygens (including phenoxy) is 2. The number of methoxy groups -OCH3 is 2. The summed E-state index contributed by atoms with van der Waals surface area (Å²) in [5.41, 5.74) is 1.18. The van der Waals surface area contributed by atoms with Gasteiger partial charge in [-0.2, -0.15) is 0 Å². The minimum Gasteiger partial charge on any atom is -0.493 e. The van der Waals surface area contributed by atoms with Crippen molar-refractivity contribution >= 4 is 35.1 Å². The predicted octanol–water partition coefficient (Wildman–Crippen LogP) is 4.91. The van der Waals surface area contributed by atoms with Crippen molar-refractivity contribution in [3.63, 3.8) is 0 Å². The van der Waals surface area contributed by atoms with E-state index in [1.807, 2.05) is 6.07 Å². The smallest absolute Gasteiger partial charge is 0.187 e. The molecule has 0 aliphatic rings. The first-order chi connectivity index (χ1) is 10.5. The van der Waals surface area contributed by atoms with Crippen LogP contribution >= 0.6 is 23.2 Å². The molecule has 0 saturated heterocycles. The van der Waals surface area contributed by atoms with Gasteiger partial charge in [0.05, 0.1) is 19.2 Å². The molecule has 0 aliphatic carbocycles. The van der Waals surface area contributed by atoms with E-state index in [0.717, 1.165) is 5.56 Å². The lowest BCUT2D eigenvalue weighted by Gasteiger charge is -2.07. The summed E-state index contributed by atoms with van der Waals surface area (Å²) in [6.07, 6.45) is 3.13. The Morgan fingerprint density at radius 2 is 1.73 bits per heavy atom. The number of carbonyl (C=O) groups is 1. The minimum absolute atomic E-state index is 0.220. The highest BCUT2D eigenvalue weighted by molar-refractivity contribution is 6.36. The van der Waals surface area contributed by atoms with Crippen molar-refractivity contribution in [1.82, 2.24) is 0 Å². The zero-order valence-electron chi connectivity index (χ0n) is 12.1. The average molecular weight is 337 g/mol. The summed E-state index contributed by atoms with van der Waals surface area (Å²) < 4.78 is 10.4. The van der Waals surface area contributed by atoms with Crippen LogP contribution < -0.4 is 9.47 Å². The Labute approximate surface area is 139 Å². The van der Waals surface area contributed by atoms with Gasteiger partial charge in [-0.05, 0) is 42.0 Å². The number of rotatable bonds is 5. The van der Waals surface area contributed by atoms with Crippen LogP contribution in [0.3, 0.4) is 0 Å². The highest BCUT2D eigenvalue weighted by Gasteiger charge is 2.08. The number of carbonyl (C=O) groups excluding carboxylic acids is 1. The molecule has 2 rings (SSSR count). The normalized spacial score (nSPS) is 10.7. The van der Waals surface area contributed by atoms with E-state index in [1.165, 1.54) is 6.08 Å². The molecule has 0 amide bonds. The molecule has 0 aromatic heterocycles. The van der Waals surface area contributed by atoms with Crippen LogP contribution in [0.4, 0.5) is 0 Å². The molecule has 0 aliphatic heterocycles. The number of halogens is 2. The van der Waals surface area contributed by atoms with Gasteiger partial charge in [0.25, 0.3) is 0 Å². The third-order valence-electron chi connectivity index (χ3n) is 3.03. The average Bonchev–Trinajstić information content (AvgIpc) is 2.54. The molecule has 0 spiro atoms. The molecule has 0 radical (unpaired) electrons. The molecular weight excluding hydrogens is 323 g/mol. The van der Waals surface area contributed by atoms with Crippen molar-refractivity contribution < 1.29 is 14.3 Å².